The molecule has 0 unspecified atom stereocenters. The Kier molecular flexibility index (Phi) is 3.82. The van der Waals surface area contributed by atoms with Gasteiger partial charge in [-0.25, -0.2) is 8.42 Å². The van der Waals surface area contributed by atoms with Crippen molar-refractivity contribution in [2.75, 3.05) is 10.5 Å². The van der Waals surface area contributed by atoms with Gasteiger partial charge >= 0.3 is 0 Å². The van der Waals surface area contributed by atoms with Gasteiger partial charge < -0.3 is 5.73 Å². The lowest BCUT2D eigenvalue weighted by atomic mass is 10.2. The van der Waals surface area contributed by atoms with E-state index >= 15 is 0 Å². The summed E-state index contributed by atoms with van der Waals surface area (Å²) in [6.45, 7) is 1.84. The molecule has 0 heterocycles. The van der Waals surface area contributed by atoms with Crippen LogP contribution in [0.4, 0.5) is 11.4 Å². The van der Waals surface area contributed by atoms with Gasteiger partial charge in [0.2, 0.25) is 0 Å². The van der Waals surface area contributed by atoms with E-state index in [0.29, 0.717) is 11.4 Å². The molecule has 0 bridgehead atoms. The highest BCUT2D eigenvalue weighted by atomic mass is 79.9. The fourth-order valence-corrected chi connectivity index (χ4v) is 2.94. The molecular weight excluding hydrogens is 328 g/mol. The zero-order valence-corrected chi connectivity index (χ0v) is 12.6. The van der Waals surface area contributed by atoms with Crippen molar-refractivity contribution in [2.45, 2.75) is 11.8 Å². The van der Waals surface area contributed by atoms with Crippen LogP contribution in [0.25, 0.3) is 0 Å². The van der Waals surface area contributed by atoms with Crippen LogP contribution in [0.5, 0.6) is 0 Å². The zero-order valence-electron chi connectivity index (χ0n) is 10.2. The Morgan fingerprint density at radius 1 is 1.11 bits per heavy atom. The standard InChI is InChI=1S/C13H13BrN2O2S/c1-9-8-12(6-7-13(9)14)19(17,18)16-11-4-2-10(15)3-5-11/h2-8,16H,15H2,1H3. The van der Waals surface area contributed by atoms with Gasteiger partial charge in [0.25, 0.3) is 10.0 Å². The maximum absolute atomic E-state index is 12.2. The summed E-state index contributed by atoms with van der Waals surface area (Å²) in [7, 11) is -3.58. The van der Waals surface area contributed by atoms with Crippen molar-refractivity contribution >= 4 is 37.3 Å². The van der Waals surface area contributed by atoms with Crippen LogP contribution in [-0.4, -0.2) is 8.42 Å². The number of hydrogen-bond acceptors (Lipinski definition) is 3. The van der Waals surface area contributed by atoms with E-state index in [1.807, 2.05) is 6.92 Å². The second kappa shape index (κ2) is 5.22. The van der Waals surface area contributed by atoms with Crippen molar-refractivity contribution in [3.63, 3.8) is 0 Å². The number of sulfonamides is 1. The molecule has 0 saturated carbocycles. The third kappa shape index (κ3) is 3.27. The first kappa shape index (κ1) is 13.9. The van der Waals surface area contributed by atoms with Gasteiger partial charge in [-0.3, -0.25) is 4.72 Å². The van der Waals surface area contributed by atoms with E-state index in [-0.39, 0.29) is 4.90 Å². The molecule has 0 aliphatic carbocycles. The van der Waals surface area contributed by atoms with Crippen LogP contribution in [0, 0.1) is 6.92 Å². The summed E-state index contributed by atoms with van der Waals surface area (Å²) >= 11 is 3.34. The quantitative estimate of drug-likeness (QED) is 0.843. The van der Waals surface area contributed by atoms with E-state index in [2.05, 4.69) is 20.7 Å². The molecule has 0 amide bonds. The van der Waals surface area contributed by atoms with Gasteiger partial charge in [-0.2, -0.15) is 0 Å². The summed E-state index contributed by atoms with van der Waals surface area (Å²) < 4.78 is 27.8. The molecule has 2 rings (SSSR count). The number of benzene rings is 2. The van der Waals surface area contributed by atoms with Gasteiger partial charge in [0.1, 0.15) is 0 Å². The van der Waals surface area contributed by atoms with Crippen LogP contribution in [0.2, 0.25) is 0 Å². The summed E-state index contributed by atoms with van der Waals surface area (Å²) in [5.41, 5.74) is 7.48. The number of halogens is 1. The second-order valence-electron chi connectivity index (χ2n) is 4.14. The van der Waals surface area contributed by atoms with Gasteiger partial charge in [-0.15, -0.1) is 0 Å². The van der Waals surface area contributed by atoms with Crippen molar-refractivity contribution in [1.29, 1.82) is 0 Å². The van der Waals surface area contributed by atoms with Crippen molar-refractivity contribution in [3.8, 4) is 0 Å². The van der Waals surface area contributed by atoms with E-state index < -0.39 is 10.0 Å². The predicted molar refractivity (Wildman–Crippen MR) is 80.5 cm³/mol. The highest BCUT2D eigenvalue weighted by molar-refractivity contribution is 9.10. The van der Waals surface area contributed by atoms with E-state index in [9.17, 15) is 8.42 Å². The molecule has 0 aliphatic rings. The maximum atomic E-state index is 12.2. The molecular formula is C13H13BrN2O2S. The van der Waals surface area contributed by atoms with Crippen molar-refractivity contribution in [3.05, 3.63) is 52.5 Å². The first-order valence-electron chi connectivity index (χ1n) is 5.53. The molecule has 0 fully saturated rings. The van der Waals surface area contributed by atoms with Gasteiger partial charge in [-0.1, -0.05) is 15.9 Å². The smallest absolute Gasteiger partial charge is 0.261 e. The number of nitrogen functional groups attached to an aromatic ring is 1. The number of hydrogen-bond donors (Lipinski definition) is 2. The first-order chi connectivity index (χ1) is 8.88. The van der Waals surface area contributed by atoms with Gasteiger partial charge in [0.15, 0.2) is 0 Å². The summed E-state index contributed by atoms with van der Waals surface area (Å²) in [5.74, 6) is 0. The van der Waals surface area contributed by atoms with Crippen LogP contribution in [0.3, 0.4) is 0 Å². The molecule has 3 N–H and O–H groups in total. The van der Waals surface area contributed by atoms with Crippen molar-refractivity contribution in [2.24, 2.45) is 0 Å². The Labute approximate surface area is 120 Å². The van der Waals surface area contributed by atoms with E-state index in [0.717, 1.165) is 10.0 Å². The number of aryl methyl sites for hydroxylation is 1. The van der Waals surface area contributed by atoms with Gasteiger partial charge in [0, 0.05) is 15.8 Å². The molecule has 4 nitrogen and oxygen atoms in total. The lowest BCUT2D eigenvalue weighted by molar-refractivity contribution is 0.601. The molecule has 100 valence electrons. The molecule has 19 heavy (non-hydrogen) atoms. The SMILES string of the molecule is Cc1cc(S(=O)(=O)Nc2ccc(N)cc2)ccc1Br. The highest BCUT2D eigenvalue weighted by Gasteiger charge is 2.14. The first-order valence-corrected chi connectivity index (χ1v) is 7.80. The molecule has 2 aromatic rings. The normalized spacial score (nSPS) is 11.3. The lowest BCUT2D eigenvalue weighted by Crippen LogP contribution is -2.13. The maximum Gasteiger partial charge on any atom is 0.261 e. The van der Waals surface area contributed by atoms with E-state index in [1.165, 1.54) is 0 Å². The molecule has 2 aromatic carbocycles. The summed E-state index contributed by atoms with van der Waals surface area (Å²) in [5, 5.41) is 0. The monoisotopic (exact) mass is 340 g/mol. The Balaban J connectivity index is 2.32. The molecule has 0 aliphatic heterocycles. The molecule has 6 heteroatoms. The number of rotatable bonds is 3. The average Bonchev–Trinajstić information content (AvgIpc) is 2.35. The molecule has 0 atom stereocenters. The molecule has 0 aromatic heterocycles. The van der Waals surface area contributed by atoms with E-state index in [4.69, 9.17) is 5.73 Å². The van der Waals surface area contributed by atoms with Crippen LogP contribution in [0.15, 0.2) is 51.8 Å². The van der Waals surface area contributed by atoms with Crippen LogP contribution in [0.1, 0.15) is 5.56 Å². The fraction of sp³-hybridized carbons (Fsp3) is 0.0769. The fourth-order valence-electron chi connectivity index (χ4n) is 1.55. The average molecular weight is 341 g/mol. The number of nitrogens with two attached hydrogens (primary N) is 1. The minimum Gasteiger partial charge on any atom is -0.399 e. The van der Waals surface area contributed by atoms with Gasteiger partial charge in [0.05, 0.1) is 4.90 Å². The number of anilines is 2. The van der Waals surface area contributed by atoms with E-state index in [1.54, 1.807) is 42.5 Å². The topological polar surface area (TPSA) is 72.2 Å². The second-order valence-corrected chi connectivity index (χ2v) is 6.68. The Bertz CT molecular complexity index is 697. The van der Waals surface area contributed by atoms with Crippen LogP contribution < -0.4 is 10.5 Å². The highest BCUT2D eigenvalue weighted by Crippen LogP contribution is 2.22. The van der Waals surface area contributed by atoms with Gasteiger partial charge in [-0.05, 0) is 55.0 Å². The third-order valence-corrected chi connectivity index (χ3v) is 4.87. The number of nitrogens with one attached hydrogen (secondary N) is 1. The minimum atomic E-state index is -3.58. The largest absolute Gasteiger partial charge is 0.399 e. The minimum absolute atomic E-state index is 0.227. The summed E-state index contributed by atoms with van der Waals surface area (Å²) in [6.07, 6.45) is 0. The summed E-state index contributed by atoms with van der Waals surface area (Å²) in [6, 6.07) is 11.4. The Hall–Kier alpha value is -1.53. The van der Waals surface area contributed by atoms with Crippen LogP contribution in [-0.2, 0) is 10.0 Å². The predicted octanol–water partition coefficient (Wildman–Crippen LogP) is 3.14. The van der Waals surface area contributed by atoms with Crippen molar-refractivity contribution < 1.29 is 8.42 Å². The third-order valence-electron chi connectivity index (χ3n) is 2.60. The van der Waals surface area contributed by atoms with Crippen LogP contribution >= 0.6 is 15.9 Å². The Morgan fingerprint density at radius 3 is 2.32 bits per heavy atom. The lowest BCUT2D eigenvalue weighted by Gasteiger charge is -2.09. The molecule has 0 saturated heterocycles. The van der Waals surface area contributed by atoms with Crippen molar-refractivity contribution in [1.82, 2.24) is 0 Å². The Morgan fingerprint density at radius 2 is 1.74 bits per heavy atom. The molecule has 0 radical (unpaired) electrons. The molecule has 0 spiro atoms. The summed E-state index contributed by atoms with van der Waals surface area (Å²) in [4.78, 5) is 0.227. The zero-order chi connectivity index (χ0) is 14.0.